The Morgan fingerprint density at radius 2 is 1.93 bits per heavy atom. The molecule has 0 aliphatic carbocycles. The number of likely N-dealkylation sites (N-methyl/N-ethyl adjacent to an activating group) is 1. The number of rotatable bonds is 5. The summed E-state index contributed by atoms with van der Waals surface area (Å²) in [6.45, 7) is 3.81. The molecular formula is C22H22N6OS. The van der Waals surface area contributed by atoms with Crippen molar-refractivity contribution in [2.24, 2.45) is 0 Å². The third-order valence-corrected chi connectivity index (χ3v) is 6.09. The van der Waals surface area contributed by atoms with Crippen LogP contribution in [0.1, 0.15) is 22.1 Å². The first-order chi connectivity index (χ1) is 14.7. The molecule has 1 aromatic carbocycles. The molecule has 0 saturated carbocycles. The Bertz CT molecular complexity index is 1040. The summed E-state index contributed by atoms with van der Waals surface area (Å²) < 4.78 is 0. The molecule has 3 heterocycles. The van der Waals surface area contributed by atoms with E-state index in [4.69, 9.17) is 0 Å². The lowest BCUT2D eigenvalue weighted by Gasteiger charge is -2.34. The molecule has 1 unspecified atom stereocenters. The molecule has 0 radical (unpaired) electrons. The summed E-state index contributed by atoms with van der Waals surface area (Å²) in [4.78, 5) is 26.1. The van der Waals surface area contributed by atoms with Gasteiger partial charge in [0.25, 0.3) is 0 Å². The van der Waals surface area contributed by atoms with Crippen molar-refractivity contribution in [3.05, 3.63) is 70.4 Å². The van der Waals surface area contributed by atoms with Gasteiger partial charge in [-0.2, -0.15) is 5.26 Å². The minimum atomic E-state index is -0.558. The molecule has 1 aliphatic rings. The predicted octanol–water partition coefficient (Wildman–Crippen LogP) is 2.93. The van der Waals surface area contributed by atoms with Gasteiger partial charge in [-0.05, 0) is 42.9 Å². The summed E-state index contributed by atoms with van der Waals surface area (Å²) >= 11 is 1.43. The lowest BCUT2D eigenvalue weighted by Crippen LogP contribution is -2.44. The monoisotopic (exact) mass is 418 g/mol. The summed E-state index contributed by atoms with van der Waals surface area (Å²) in [7, 11) is 2.11. The smallest absolute Gasteiger partial charge is 0.238 e. The molecule has 1 N–H and O–H groups in total. The van der Waals surface area contributed by atoms with Gasteiger partial charge in [0.15, 0.2) is 0 Å². The van der Waals surface area contributed by atoms with E-state index in [-0.39, 0.29) is 5.91 Å². The van der Waals surface area contributed by atoms with Crippen LogP contribution >= 0.6 is 11.3 Å². The minimum absolute atomic E-state index is 0.222. The first-order valence-corrected chi connectivity index (χ1v) is 10.6. The number of hydrogen-bond donors (Lipinski definition) is 1. The first-order valence-electron chi connectivity index (χ1n) is 9.73. The summed E-state index contributed by atoms with van der Waals surface area (Å²) in [5.41, 5.74) is 2.77. The van der Waals surface area contributed by atoms with E-state index in [2.05, 4.69) is 38.2 Å². The first kappa shape index (κ1) is 20.0. The lowest BCUT2D eigenvalue weighted by molar-refractivity contribution is -0.116. The predicted molar refractivity (Wildman–Crippen MR) is 118 cm³/mol. The van der Waals surface area contributed by atoms with Crippen LogP contribution in [0, 0.1) is 11.3 Å². The third-order valence-electron chi connectivity index (χ3n) is 5.25. The van der Waals surface area contributed by atoms with Gasteiger partial charge < -0.3 is 15.1 Å². The quantitative estimate of drug-likeness (QED) is 0.686. The molecule has 8 heteroatoms. The van der Waals surface area contributed by atoms with Gasteiger partial charge in [0.05, 0.1) is 11.3 Å². The number of amides is 1. The number of piperazine rings is 1. The van der Waals surface area contributed by atoms with E-state index < -0.39 is 5.92 Å². The number of nitrogens with one attached hydrogen (secondary N) is 1. The average Bonchev–Trinajstić information content (AvgIpc) is 3.30. The van der Waals surface area contributed by atoms with E-state index in [0.717, 1.165) is 37.4 Å². The Morgan fingerprint density at radius 1 is 1.17 bits per heavy atom. The Hall–Kier alpha value is -3.28. The van der Waals surface area contributed by atoms with Crippen molar-refractivity contribution < 1.29 is 4.79 Å². The summed E-state index contributed by atoms with van der Waals surface area (Å²) in [6, 6.07) is 11.5. The fourth-order valence-electron chi connectivity index (χ4n) is 3.54. The van der Waals surface area contributed by atoms with Crippen molar-refractivity contribution in [1.82, 2.24) is 14.9 Å². The van der Waals surface area contributed by atoms with Crippen LogP contribution in [-0.2, 0) is 4.79 Å². The van der Waals surface area contributed by atoms with Crippen LogP contribution in [0.3, 0.4) is 0 Å². The van der Waals surface area contributed by atoms with Crippen LogP contribution in [-0.4, -0.2) is 54.0 Å². The van der Waals surface area contributed by atoms with Crippen molar-refractivity contribution in [3.63, 3.8) is 0 Å². The zero-order chi connectivity index (χ0) is 20.9. The molecule has 1 amide bonds. The van der Waals surface area contributed by atoms with Gasteiger partial charge in [0, 0.05) is 55.8 Å². The van der Waals surface area contributed by atoms with E-state index in [1.54, 1.807) is 18.6 Å². The summed E-state index contributed by atoms with van der Waals surface area (Å²) in [6.07, 6.45) is 5.01. The molecule has 1 fully saturated rings. The minimum Gasteiger partial charge on any atom is -0.369 e. The Balaban J connectivity index is 1.58. The molecule has 1 saturated heterocycles. The summed E-state index contributed by atoms with van der Waals surface area (Å²) in [5.74, 6) is -0.781. The highest BCUT2D eigenvalue weighted by atomic mass is 32.1. The van der Waals surface area contributed by atoms with Crippen LogP contribution in [0.25, 0.3) is 0 Å². The third kappa shape index (κ3) is 4.32. The standard InChI is InChI=1S/C22H22N6OS/c1-27-9-11-28(12-10-27)18-2-3-19(17(14-18)15-23)26-21(29)20(22-25-8-13-30-22)16-4-6-24-7-5-16/h2-8,13-14,20H,9-12H2,1H3,(H,26,29). The van der Waals surface area contributed by atoms with Crippen molar-refractivity contribution in [2.75, 3.05) is 43.4 Å². The number of anilines is 2. The molecular weight excluding hydrogens is 396 g/mol. The Morgan fingerprint density at radius 3 is 2.60 bits per heavy atom. The van der Waals surface area contributed by atoms with E-state index in [9.17, 15) is 10.1 Å². The van der Waals surface area contributed by atoms with Gasteiger partial charge in [0.1, 0.15) is 17.0 Å². The van der Waals surface area contributed by atoms with Crippen LogP contribution in [0.4, 0.5) is 11.4 Å². The largest absolute Gasteiger partial charge is 0.369 e. The van der Waals surface area contributed by atoms with Gasteiger partial charge in [0.2, 0.25) is 5.91 Å². The van der Waals surface area contributed by atoms with Gasteiger partial charge in [-0.25, -0.2) is 4.98 Å². The van der Waals surface area contributed by atoms with Crippen molar-refractivity contribution in [1.29, 1.82) is 5.26 Å². The molecule has 4 rings (SSSR count). The second kappa shape index (κ2) is 9.03. The SMILES string of the molecule is CN1CCN(c2ccc(NC(=O)C(c3ccncc3)c3nccs3)c(C#N)c2)CC1. The fraction of sp³-hybridized carbons (Fsp3) is 0.273. The molecule has 1 atom stereocenters. The highest BCUT2D eigenvalue weighted by Gasteiger charge is 2.26. The maximum absolute atomic E-state index is 13.2. The molecule has 0 spiro atoms. The van der Waals surface area contributed by atoms with Crippen molar-refractivity contribution >= 4 is 28.6 Å². The van der Waals surface area contributed by atoms with Crippen LogP contribution in [0.15, 0.2) is 54.3 Å². The topological polar surface area (TPSA) is 85.2 Å². The van der Waals surface area contributed by atoms with Crippen LogP contribution in [0.2, 0.25) is 0 Å². The molecule has 0 bridgehead atoms. The Kier molecular flexibility index (Phi) is 6.02. The molecule has 1 aliphatic heterocycles. The number of hydrogen-bond acceptors (Lipinski definition) is 7. The number of aromatic nitrogens is 2. The number of carbonyl (C=O) groups is 1. The normalized spacial score (nSPS) is 15.4. The number of thiazole rings is 1. The fourth-order valence-corrected chi connectivity index (χ4v) is 4.30. The van der Waals surface area contributed by atoms with Gasteiger partial charge in [-0.3, -0.25) is 9.78 Å². The second-order valence-electron chi connectivity index (χ2n) is 7.21. The maximum Gasteiger partial charge on any atom is 0.238 e. The number of carbonyl (C=O) groups excluding carboxylic acids is 1. The average molecular weight is 419 g/mol. The molecule has 152 valence electrons. The highest BCUT2D eigenvalue weighted by Crippen LogP contribution is 2.29. The van der Waals surface area contributed by atoms with Gasteiger partial charge in [-0.1, -0.05) is 0 Å². The molecule has 2 aromatic heterocycles. The number of nitrogens with zero attached hydrogens (tertiary/aromatic N) is 5. The number of pyridine rings is 1. The highest BCUT2D eigenvalue weighted by molar-refractivity contribution is 7.09. The maximum atomic E-state index is 13.2. The molecule has 30 heavy (non-hydrogen) atoms. The van der Waals surface area contributed by atoms with E-state index >= 15 is 0 Å². The van der Waals surface area contributed by atoms with E-state index in [1.165, 1.54) is 11.3 Å². The number of benzene rings is 1. The second-order valence-corrected chi connectivity index (χ2v) is 8.13. The summed E-state index contributed by atoms with van der Waals surface area (Å²) in [5, 5.41) is 15.2. The zero-order valence-corrected chi connectivity index (χ0v) is 17.5. The molecule has 3 aromatic rings. The van der Waals surface area contributed by atoms with E-state index in [0.29, 0.717) is 16.3 Å². The van der Waals surface area contributed by atoms with Gasteiger partial charge in [-0.15, -0.1) is 11.3 Å². The lowest BCUT2D eigenvalue weighted by atomic mass is 9.99. The van der Waals surface area contributed by atoms with Crippen LogP contribution in [0.5, 0.6) is 0 Å². The van der Waals surface area contributed by atoms with Gasteiger partial charge >= 0.3 is 0 Å². The Labute approximate surface area is 179 Å². The zero-order valence-electron chi connectivity index (χ0n) is 16.7. The van der Waals surface area contributed by atoms with E-state index in [1.807, 2.05) is 35.7 Å². The number of nitriles is 1. The van der Waals surface area contributed by atoms with Crippen LogP contribution < -0.4 is 10.2 Å². The van der Waals surface area contributed by atoms with Crippen molar-refractivity contribution in [2.45, 2.75) is 5.92 Å². The molecule has 7 nitrogen and oxygen atoms in total. The van der Waals surface area contributed by atoms with Crippen molar-refractivity contribution in [3.8, 4) is 6.07 Å².